The summed E-state index contributed by atoms with van der Waals surface area (Å²) >= 11 is 1.38. The topological polar surface area (TPSA) is 67.4 Å². The summed E-state index contributed by atoms with van der Waals surface area (Å²) in [7, 11) is 0. The van der Waals surface area contributed by atoms with E-state index in [9.17, 15) is 14.0 Å². The molecule has 0 bridgehead atoms. The zero-order valence-electron chi connectivity index (χ0n) is 15.2. The zero-order chi connectivity index (χ0) is 19.9. The van der Waals surface area contributed by atoms with Gasteiger partial charge in [0.2, 0.25) is 5.91 Å². The second-order valence-corrected chi connectivity index (χ2v) is 7.37. The van der Waals surface area contributed by atoms with E-state index in [0.717, 1.165) is 10.4 Å². The highest BCUT2D eigenvalue weighted by atomic mass is 32.1. The van der Waals surface area contributed by atoms with Crippen molar-refractivity contribution in [2.75, 3.05) is 11.9 Å². The van der Waals surface area contributed by atoms with Gasteiger partial charge in [-0.3, -0.25) is 9.59 Å². The molecule has 0 radical (unpaired) electrons. The fraction of sp³-hybridized carbons (Fsp3) is 0.143. The average molecular weight is 398 g/mol. The molecule has 2 aromatic carbocycles. The maximum atomic E-state index is 12.9. The fourth-order valence-electron chi connectivity index (χ4n) is 2.42. The molecule has 0 saturated carbocycles. The lowest BCUT2D eigenvalue weighted by Crippen LogP contribution is -2.32. The molecule has 2 amide bonds. The summed E-state index contributed by atoms with van der Waals surface area (Å²) in [6.07, 6.45) is 0. The first-order valence-electron chi connectivity index (χ1n) is 8.61. The van der Waals surface area contributed by atoms with Crippen molar-refractivity contribution in [1.29, 1.82) is 0 Å². The third-order valence-electron chi connectivity index (χ3n) is 3.81. The minimum Gasteiger partial charge on any atom is -0.489 e. The molecule has 0 aliphatic rings. The van der Waals surface area contributed by atoms with Gasteiger partial charge in [0.25, 0.3) is 5.91 Å². The number of anilines is 1. The molecule has 3 aromatic rings. The van der Waals surface area contributed by atoms with E-state index in [4.69, 9.17) is 4.74 Å². The van der Waals surface area contributed by atoms with Gasteiger partial charge in [0.05, 0.1) is 11.4 Å². The molecule has 0 atom stereocenters. The summed E-state index contributed by atoms with van der Waals surface area (Å²) in [6.45, 7) is 2.07. The van der Waals surface area contributed by atoms with Gasteiger partial charge in [-0.25, -0.2) is 4.39 Å². The molecular weight excluding hydrogens is 379 g/mol. The van der Waals surface area contributed by atoms with Gasteiger partial charge < -0.3 is 15.4 Å². The first kappa shape index (κ1) is 19.6. The van der Waals surface area contributed by atoms with Crippen molar-refractivity contribution in [3.05, 3.63) is 81.8 Å². The number of thiophene rings is 1. The summed E-state index contributed by atoms with van der Waals surface area (Å²) in [6, 6.07) is 16.6. The van der Waals surface area contributed by atoms with E-state index < -0.39 is 0 Å². The average Bonchev–Trinajstić information content (AvgIpc) is 3.12. The van der Waals surface area contributed by atoms with Crippen LogP contribution < -0.4 is 15.4 Å². The molecule has 5 nitrogen and oxygen atoms in total. The zero-order valence-corrected chi connectivity index (χ0v) is 16.0. The van der Waals surface area contributed by atoms with Crippen LogP contribution in [0.15, 0.2) is 60.7 Å². The number of rotatable bonds is 7. The number of carbonyl (C=O) groups is 2. The van der Waals surface area contributed by atoms with E-state index in [0.29, 0.717) is 16.3 Å². The lowest BCUT2D eigenvalue weighted by molar-refractivity contribution is -0.115. The Morgan fingerprint density at radius 3 is 2.57 bits per heavy atom. The molecule has 28 heavy (non-hydrogen) atoms. The quantitative estimate of drug-likeness (QED) is 0.628. The Balaban J connectivity index is 1.49. The van der Waals surface area contributed by atoms with E-state index in [2.05, 4.69) is 10.6 Å². The van der Waals surface area contributed by atoms with Crippen molar-refractivity contribution in [2.24, 2.45) is 0 Å². The second-order valence-electron chi connectivity index (χ2n) is 6.08. The maximum absolute atomic E-state index is 12.9. The van der Waals surface area contributed by atoms with Crippen molar-refractivity contribution in [2.45, 2.75) is 13.5 Å². The summed E-state index contributed by atoms with van der Waals surface area (Å²) in [5.74, 6) is -0.336. The summed E-state index contributed by atoms with van der Waals surface area (Å²) in [5, 5.41) is 5.32. The van der Waals surface area contributed by atoms with Crippen molar-refractivity contribution in [3.8, 4) is 5.75 Å². The van der Waals surface area contributed by atoms with Crippen LogP contribution in [0.2, 0.25) is 0 Å². The first-order chi connectivity index (χ1) is 13.5. The summed E-state index contributed by atoms with van der Waals surface area (Å²) in [4.78, 5) is 25.7. The molecule has 0 fully saturated rings. The molecule has 0 aliphatic carbocycles. The SMILES string of the molecule is Cc1ccc(C(=O)NCC(=O)Nc2cccc(OCc3ccc(F)cc3)c2)s1. The summed E-state index contributed by atoms with van der Waals surface area (Å²) < 4.78 is 18.6. The van der Waals surface area contributed by atoms with Gasteiger partial charge in [-0.2, -0.15) is 0 Å². The molecule has 0 spiro atoms. The molecule has 0 unspecified atom stereocenters. The predicted octanol–water partition coefficient (Wildman–Crippen LogP) is 4.14. The Morgan fingerprint density at radius 1 is 1.07 bits per heavy atom. The van der Waals surface area contributed by atoms with E-state index in [-0.39, 0.29) is 30.8 Å². The Morgan fingerprint density at radius 2 is 1.86 bits per heavy atom. The minimum atomic E-state index is -0.336. The Kier molecular flexibility index (Phi) is 6.39. The van der Waals surface area contributed by atoms with Gasteiger partial charge in [-0.05, 0) is 48.9 Å². The van der Waals surface area contributed by atoms with Crippen LogP contribution in [0.3, 0.4) is 0 Å². The van der Waals surface area contributed by atoms with Gasteiger partial charge in [0.1, 0.15) is 18.2 Å². The van der Waals surface area contributed by atoms with Crippen LogP contribution in [0.25, 0.3) is 0 Å². The van der Waals surface area contributed by atoms with E-state index >= 15 is 0 Å². The number of carbonyl (C=O) groups excluding carboxylic acids is 2. The molecule has 144 valence electrons. The van der Waals surface area contributed by atoms with Crippen LogP contribution in [0.5, 0.6) is 5.75 Å². The molecule has 1 aromatic heterocycles. The van der Waals surface area contributed by atoms with Gasteiger partial charge in [-0.1, -0.05) is 18.2 Å². The van der Waals surface area contributed by atoms with Gasteiger partial charge in [0, 0.05) is 16.6 Å². The maximum Gasteiger partial charge on any atom is 0.261 e. The Bertz CT molecular complexity index is 970. The second kappa shape index (κ2) is 9.14. The van der Waals surface area contributed by atoms with Crippen LogP contribution in [0, 0.1) is 12.7 Å². The fourth-order valence-corrected chi connectivity index (χ4v) is 3.20. The van der Waals surface area contributed by atoms with E-state index in [1.54, 1.807) is 42.5 Å². The van der Waals surface area contributed by atoms with Crippen LogP contribution in [-0.4, -0.2) is 18.4 Å². The number of amides is 2. The largest absolute Gasteiger partial charge is 0.489 e. The van der Waals surface area contributed by atoms with Gasteiger partial charge in [0.15, 0.2) is 0 Å². The number of halogens is 1. The van der Waals surface area contributed by atoms with E-state index in [1.807, 2.05) is 13.0 Å². The number of hydrogen-bond donors (Lipinski definition) is 2. The van der Waals surface area contributed by atoms with Crippen molar-refractivity contribution in [3.63, 3.8) is 0 Å². The highest BCUT2D eigenvalue weighted by molar-refractivity contribution is 7.13. The first-order valence-corrected chi connectivity index (χ1v) is 9.43. The molecule has 3 rings (SSSR count). The van der Waals surface area contributed by atoms with Crippen LogP contribution in [-0.2, 0) is 11.4 Å². The lowest BCUT2D eigenvalue weighted by Gasteiger charge is -2.10. The smallest absolute Gasteiger partial charge is 0.261 e. The minimum absolute atomic E-state index is 0.129. The molecule has 1 heterocycles. The van der Waals surface area contributed by atoms with Crippen LogP contribution in [0.4, 0.5) is 10.1 Å². The normalized spacial score (nSPS) is 10.4. The monoisotopic (exact) mass is 398 g/mol. The highest BCUT2D eigenvalue weighted by Crippen LogP contribution is 2.19. The number of hydrogen-bond acceptors (Lipinski definition) is 4. The molecule has 0 saturated heterocycles. The number of benzene rings is 2. The highest BCUT2D eigenvalue weighted by Gasteiger charge is 2.10. The van der Waals surface area contributed by atoms with E-state index in [1.165, 1.54) is 23.5 Å². The number of aryl methyl sites for hydroxylation is 1. The lowest BCUT2D eigenvalue weighted by atomic mass is 10.2. The summed E-state index contributed by atoms with van der Waals surface area (Å²) in [5.41, 5.74) is 1.39. The molecule has 2 N–H and O–H groups in total. The third-order valence-corrected chi connectivity index (χ3v) is 4.81. The van der Waals surface area contributed by atoms with Crippen molar-refractivity contribution < 1.29 is 18.7 Å². The third kappa shape index (κ3) is 5.65. The van der Waals surface area contributed by atoms with Crippen molar-refractivity contribution in [1.82, 2.24) is 5.32 Å². The van der Waals surface area contributed by atoms with Crippen LogP contribution >= 0.6 is 11.3 Å². The predicted molar refractivity (Wildman–Crippen MR) is 107 cm³/mol. The number of nitrogens with one attached hydrogen (secondary N) is 2. The Labute approximate surface area is 166 Å². The van der Waals surface area contributed by atoms with Gasteiger partial charge in [-0.15, -0.1) is 11.3 Å². The Hall–Kier alpha value is -3.19. The molecular formula is C21H19FN2O3S. The standard InChI is InChI=1S/C21H19FN2O3S/c1-14-5-10-19(28-14)21(26)23-12-20(25)24-17-3-2-4-18(11-17)27-13-15-6-8-16(22)9-7-15/h2-11H,12-13H2,1H3,(H,23,26)(H,24,25). The van der Waals surface area contributed by atoms with Gasteiger partial charge >= 0.3 is 0 Å². The molecule has 7 heteroatoms. The number of ether oxygens (including phenoxy) is 1. The van der Waals surface area contributed by atoms with Crippen LogP contribution in [0.1, 0.15) is 20.1 Å². The van der Waals surface area contributed by atoms with Crippen molar-refractivity contribution >= 4 is 28.8 Å². The molecule has 0 aliphatic heterocycles.